The van der Waals surface area contributed by atoms with Crippen molar-refractivity contribution in [1.82, 2.24) is 0 Å². The SMILES string of the molecule is CCCCCCCC/C=C/C/C=C/CCCCC(=O)O[C@H](COC(=O)CCCCCCCCCCCCCCCC)COP(=O)(O)OCCN. The molecule has 10 heteroatoms. The van der Waals surface area contributed by atoms with Crippen LogP contribution in [0.5, 0.6) is 0 Å². The molecule has 0 aromatic rings. The van der Waals surface area contributed by atoms with Crippen molar-refractivity contribution in [3.63, 3.8) is 0 Å². The van der Waals surface area contributed by atoms with Gasteiger partial charge in [0.05, 0.1) is 13.2 Å². The van der Waals surface area contributed by atoms with E-state index in [-0.39, 0.29) is 38.6 Å². The second kappa shape index (κ2) is 37.3. The largest absolute Gasteiger partial charge is 0.472 e. The zero-order chi connectivity index (χ0) is 36.8. The number of phosphoric acid groups is 1. The predicted molar refractivity (Wildman–Crippen MR) is 206 cm³/mol. The molecule has 294 valence electrons. The fraction of sp³-hybridized carbons (Fsp3) is 0.850. The summed E-state index contributed by atoms with van der Waals surface area (Å²) in [7, 11) is -4.38. The third-order valence-electron chi connectivity index (χ3n) is 8.59. The molecule has 0 saturated carbocycles. The summed E-state index contributed by atoms with van der Waals surface area (Å²) >= 11 is 0. The zero-order valence-electron chi connectivity index (χ0n) is 32.1. The van der Waals surface area contributed by atoms with E-state index in [0.29, 0.717) is 6.42 Å². The van der Waals surface area contributed by atoms with Crippen LogP contribution in [0.25, 0.3) is 0 Å². The van der Waals surface area contributed by atoms with Crippen LogP contribution in [0.3, 0.4) is 0 Å². The van der Waals surface area contributed by atoms with Crippen LogP contribution in [0, 0.1) is 0 Å². The average Bonchev–Trinajstić information content (AvgIpc) is 3.10. The number of carbonyl (C=O) groups excluding carboxylic acids is 2. The molecule has 0 amide bonds. The summed E-state index contributed by atoms with van der Waals surface area (Å²) in [5.41, 5.74) is 5.33. The molecule has 9 nitrogen and oxygen atoms in total. The molecule has 1 unspecified atom stereocenters. The van der Waals surface area contributed by atoms with Crippen LogP contribution < -0.4 is 5.73 Å². The third-order valence-corrected chi connectivity index (χ3v) is 9.57. The summed E-state index contributed by atoms with van der Waals surface area (Å²) in [4.78, 5) is 34.7. The summed E-state index contributed by atoms with van der Waals surface area (Å²) in [5.74, 6) is -0.862. The Hall–Kier alpha value is -1.51. The number of nitrogens with two attached hydrogens (primary N) is 1. The highest BCUT2D eigenvalue weighted by atomic mass is 31.2. The lowest BCUT2D eigenvalue weighted by atomic mass is 10.0. The summed E-state index contributed by atoms with van der Waals surface area (Å²) in [5, 5.41) is 0. The first-order chi connectivity index (χ1) is 24.3. The van der Waals surface area contributed by atoms with E-state index in [1.54, 1.807) is 0 Å². The van der Waals surface area contributed by atoms with E-state index >= 15 is 0 Å². The van der Waals surface area contributed by atoms with Gasteiger partial charge in [-0.25, -0.2) is 4.57 Å². The van der Waals surface area contributed by atoms with Gasteiger partial charge < -0.3 is 20.1 Å². The van der Waals surface area contributed by atoms with Crippen LogP contribution in [0.1, 0.15) is 187 Å². The summed E-state index contributed by atoms with van der Waals surface area (Å²) in [6.07, 6.45) is 37.8. The van der Waals surface area contributed by atoms with E-state index in [9.17, 15) is 19.0 Å². The number of hydrogen-bond donors (Lipinski definition) is 2. The van der Waals surface area contributed by atoms with Gasteiger partial charge in [-0.1, -0.05) is 154 Å². The van der Waals surface area contributed by atoms with Crippen molar-refractivity contribution in [2.45, 2.75) is 193 Å². The molecule has 3 N–H and O–H groups in total. The van der Waals surface area contributed by atoms with Gasteiger partial charge in [-0.05, 0) is 44.9 Å². The second-order valence-electron chi connectivity index (χ2n) is 13.5. The molecule has 0 aromatic heterocycles. The maximum Gasteiger partial charge on any atom is 0.472 e. The van der Waals surface area contributed by atoms with E-state index in [1.165, 1.54) is 109 Å². The van der Waals surface area contributed by atoms with Gasteiger partial charge in [0, 0.05) is 19.4 Å². The molecule has 0 bridgehead atoms. The molecule has 2 atom stereocenters. The lowest BCUT2D eigenvalue weighted by Crippen LogP contribution is -2.29. The molecule has 0 aliphatic carbocycles. The van der Waals surface area contributed by atoms with Crippen molar-refractivity contribution in [2.24, 2.45) is 5.73 Å². The highest BCUT2D eigenvalue weighted by Gasteiger charge is 2.25. The Bertz CT molecular complexity index is 881. The standard InChI is InChI=1S/C40H76NO8P/c1-3-5-7-9-11-13-15-17-19-21-23-25-27-29-31-33-40(43)49-38(37-48-50(44,45)47-35-34-41)36-46-39(42)32-30-28-26-24-22-20-18-16-14-12-10-8-6-4-2/h17,19,23,25,38H,3-16,18,20-22,24,26-37,41H2,1-2H3,(H,44,45)/b19-17+,25-23+/t38-/m1/s1. The molecule has 50 heavy (non-hydrogen) atoms. The monoisotopic (exact) mass is 730 g/mol. The quantitative estimate of drug-likeness (QED) is 0.0275. The van der Waals surface area contributed by atoms with E-state index in [0.717, 1.165) is 44.9 Å². The molecule has 0 radical (unpaired) electrons. The van der Waals surface area contributed by atoms with E-state index in [4.69, 9.17) is 24.3 Å². The molecular formula is C40H76NO8P. The first-order valence-corrected chi connectivity index (χ1v) is 21.8. The van der Waals surface area contributed by atoms with Crippen molar-refractivity contribution in [2.75, 3.05) is 26.4 Å². The number of esters is 2. The van der Waals surface area contributed by atoms with Crippen molar-refractivity contribution < 1.29 is 37.6 Å². The van der Waals surface area contributed by atoms with Crippen molar-refractivity contribution in [1.29, 1.82) is 0 Å². The van der Waals surface area contributed by atoms with Gasteiger partial charge in [0.15, 0.2) is 6.10 Å². The van der Waals surface area contributed by atoms with Crippen LogP contribution in [0.4, 0.5) is 0 Å². The van der Waals surface area contributed by atoms with Crippen LogP contribution in [-0.2, 0) is 32.7 Å². The Kier molecular flexibility index (Phi) is 36.1. The summed E-state index contributed by atoms with van der Waals surface area (Å²) < 4.78 is 32.7. The Labute approximate surface area is 306 Å². The third kappa shape index (κ3) is 36.3. The lowest BCUT2D eigenvalue weighted by molar-refractivity contribution is -0.161. The molecule has 0 aliphatic rings. The minimum absolute atomic E-state index is 0.0499. The fourth-order valence-corrected chi connectivity index (χ4v) is 6.31. The van der Waals surface area contributed by atoms with E-state index < -0.39 is 26.5 Å². The van der Waals surface area contributed by atoms with Gasteiger partial charge in [-0.15, -0.1) is 0 Å². The minimum Gasteiger partial charge on any atom is -0.462 e. The van der Waals surface area contributed by atoms with E-state index in [2.05, 4.69) is 38.2 Å². The molecule has 0 spiro atoms. The Balaban J connectivity index is 4.23. The molecule has 0 rings (SSSR count). The number of unbranched alkanes of at least 4 members (excludes halogenated alkanes) is 21. The fourth-order valence-electron chi connectivity index (χ4n) is 5.55. The number of hydrogen-bond acceptors (Lipinski definition) is 8. The number of rotatable bonds is 38. The van der Waals surface area contributed by atoms with E-state index in [1.807, 2.05) is 0 Å². The molecule has 0 aromatic carbocycles. The normalized spacial score (nSPS) is 13.6. The van der Waals surface area contributed by atoms with Crippen molar-refractivity contribution in [3.05, 3.63) is 24.3 Å². The van der Waals surface area contributed by atoms with Gasteiger partial charge >= 0.3 is 19.8 Å². The van der Waals surface area contributed by atoms with Gasteiger partial charge in [-0.2, -0.15) is 0 Å². The maximum atomic E-state index is 12.5. The zero-order valence-corrected chi connectivity index (χ0v) is 33.0. The Morgan fingerprint density at radius 1 is 0.600 bits per heavy atom. The Morgan fingerprint density at radius 3 is 1.56 bits per heavy atom. The van der Waals surface area contributed by atoms with Gasteiger partial charge in [0.1, 0.15) is 6.61 Å². The van der Waals surface area contributed by atoms with Gasteiger partial charge in [0.2, 0.25) is 0 Å². The second-order valence-corrected chi connectivity index (χ2v) is 15.0. The topological polar surface area (TPSA) is 134 Å². The number of allylic oxidation sites excluding steroid dienone is 4. The average molecular weight is 730 g/mol. The van der Waals surface area contributed by atoms with Crippen LogP contribution in [0.2, 0.25) is 0 Å². The predicted octanol–water partition coefficient (Wildman–Crippen LogP) is 11.2. The number of ether oxygens (including phenoxy) is 2. The highest BCUT2D eigenvalue weighted by Crippen LogP contribution is 2.43. The Morgan fingerprint density at radius 2 is 1.04 bits per heavy atom. The van der Waals surface area contributed by atoms with Crippen LogP contribution in [0.15, 0.2) is 24.3 Å². The first-order valence-electron chi connectivity index (χ1n) is 20.3. The molecule has 0 fully saturated rings. The molecule has 0 saturated heterocycles. The van der Waals surface area contributed by atoms with Crippen LogP contribution >= 0.6 is 7.82 Å². The maximum absolute atomic E-state index is 12.5. The first kappa shape index (κ1) is 48.5. The highest BCUT2D eigenvalue weighted by molar-refractivity contribution is 7.47. The molecule has 0 aliphatic heterocycles. The molecular weight excluding hydrogens is 653 g/mol. The van der Waals surface area contributed by atoms with Crippen molar-refractivity contribution in [3.8, 4) is 0 Å². The minimum atomic E-state index is -4.38. The number of carbonyl (C=O) groups is 2. The van der Waals surface area contributed by atoms with Crippen molar-refractivity contribution >= 4 is 19.8 Å². The number of phosphoric ester groups is 1. The van der Waals surface area contributed by atoms with Crippen LogP contribution in [-0.4, -0.2) is 49.3 Å². The van der Waals surface area contributed by atoms with Gasteiger partial charge in [0.25, 0.3) is 0 Å². The summed E-state index contributed by atoms with van der Waals surface area (Å²) in [6, 6.07) is 0. The molecule has 0 heterocycles. The summed E-state index contributed by atoms with van der Waals surface area (Å²) in [6.45, 7) is 3.69. The van der Waals surface area contributed by atoms with Gasteiger partial charge in [-0.3, -0.25) is 18.6 Å². The lowest BCUT2D eigenvalue weighted by Gasteiger charge is -2.19. The smallest absolute Gasteiger partial charge is 0.462 e.